The zero-order valence-electron chi connectivity index (χ0n) is 11.9. The standard InChI is InChI=1S/C16H20FN3O/c17-15-6-2-1-5-14(15)16-13(10-19-20-16)9-18-8-12-4-3-7-21-11-12/h1-2,5-6,10,12,18H,3-4,7-9,11H2,(H,19,20). The SMILES string of the molecule is Fc1ccccc1-c1[nH]ncc1CNCC1CCCOC1. The zero-order valence-corrected chi connectivity index (χ0v) is 11.9. The summed E-state index contributed by atoms with van der Waals surface area (Å²) in [5.74, 6) is 0.339. The first kappa shape index (κ1) is 14.2. The summed E-state index contributed by atoms with van der Waals surface area (Å²) in [5, 5.41) is 10.4. The van der Waals surface area contributed by atoms with Crippen molar-refractivity contribution in [1.29, 1.82) is 0 Å². The minimum atomic E-state index is -0.233. The molecule has 5 heteroatoms. The predicted molar refractivity (Wildman–Crippen MR) is 79.2 cm³/mol. The number of rotatable bonds is 5. The van der Waals surface area contributed by atoms with E-state index in [-0.39, 0.29) is 5.82 Å². The van der Waals surface area contributed by atoms with E-state index < -0.39 is 0 Å². The molecule has 0 amide bonds. The summed E-state index contributed by atoms with van der Waals surface area (Å²) >= 11 is 0. The number of hydrogen-bond donors (Lipinski definition) is 2. The molecule has 1 fully saturated rings. The van der Waals surface area contributed by atoms with Gasteiger partial charge in [0.2, 0.25) is 0 Å². The van der Waals surface area contributed by atoms with Gasteiger partial charge in [0.1, 0.15) is 5.82 Å². The Balaban J connectivity index is 1.62. The van der Waals surface area contributed by atoms with Gasteiger partial charge in [-0.2, -0.15) is 5.10 Å². The molecule has 0 spiro atoms. The Hall–Kier alpha value is -1.72. The third-order valence-corrected chi connectivity index (χ3v) is 3.86. The minimum absolute atomic E-state index is 0.233. The van der Waals surface area contributed by atoms with Crippen molar-refractivity contribution >= 4 is 0 Å². The van der Waals surface area contributed by atoms with Crippen molar-refractivity contribution in [3.63, 3.8) is 0 Å². The first-order valence-corrected chi connectivity index (χ1v) is 7.40. The average molecular weight is 289 g/mol. The van der Waals surface area contributed by atoms with Crippen LogP contribution in [0.1, 0.15) is 18.4 Å². The summed E-state index contributed by atoms with van der Waals surface area (Å²) in [6.07, 6.45) is 4.10. The Morgan fingerprint density at radius 3 is 3.10 bits per heavy atom. The van der Waals surface area contributed by atoms with E-state index in [0.717, 1.165) is 37.4 Å². The Bertz CT molecular complexity index is 578. The molecule has 3 rings (SSSR count). The van der Waals surface area contributed by atoms with Gasteiger partial charge in [-0.1, -0.05) is 12.1 Å². The van der Waals surface area contributed by atoms with E-state index >= 15 is 0 Å². The summed E-state index contributed by atoms with van der Waals surface area (Å²) < 4.78 is 19.3. The monoisotopic (exact) mass is 289 g/mol. The smallest absolute Gasteiger partial charge is 0.132 e. The van der Waals surface area contributed by atoms with Gasteiger partial charge >= 0.3 is 0 Å². The summed E-state index contributed by atoms with van der Waals surface area (Å²) in [6, 6.07) is 6.75. The number of hydrogen-bond acceptors (Lipinski definition) is 3. The lowest BCUT2D eigenvalue weighted by Gasteiger charge is -2.22. The molecule has 2 N–H and O–H groups in total. The maximum absolute atomic E-state index is 13.9. The summed E-state index contributed by atoms with van der Waals surface area (Å²) in [4.78, 5) is 0. The normalized spacial score (nSPS) is 18.8. The fourth-order valence-corrected chi connectivity index (χ4v) is 2.72. The van der Waals surface area contributed by atoms with E-state index in [0.29, 0.717) is 18.0 Å². The molecule has 2 aromatic rings. The predicted octanol–water partition coefficient (Wildman–Crippen LogP) is 2.73. The molecule has 21 heavy (non-hydrogen) atoms. The van der Waals surface area contributed by atoms with E-state index in [1.54, 1.807) is 18.3 Å². The lowest BCUT2D eigenvalue weighted by atomic mass is 10.0. The maximum Gasteiger partial charge on any atom is 0.132 e. The van der Waals surface area contributed by atoms with Gasteiger partial charge in [-0.05, 0) is 30.9 Å². The van der Waals surface area contributed by atoms with E-state index in [1.165, 1.54) is 12.5 Å². The van der Waals surface area contributed by atoms with Gasteiger partial charge in [0.15, 0.2) is 0 Å². The first-order valence-electron chi connectivity index (χ1n) is 7.40. The number of nitrogens with zero attached hydrogens (tertiary/aromatic N) is 1. The van der Waals surface area contributed by atoms with Gasteiger partial charge < -0.3 is 10.1 Å². The van der Waals surface area contributed by atoms with Crippen LogP contribution in [-0.2, 0) is 11.3 Å². The van der Waals surface area contributed by atoms with Crippen LogP contribution >= 0.6 is 0 Å². The Morgan fingerprint density at radius 2 is 2.29 bits per heavy atom. The van der Waals surface area contributed by atoms with Gasteiger partial charge in [-0.3, -0.25) is 5.10 Å². The Morgan fingerprint density at radius 1 is 1.38 bits per heavy atom. The third-order valence-electron chi connectivity index (χ3n) is 3.86. The van der Waals surface area contributed by atoms with Crippen LogP contribution in [0.4, 0.5) is 4.39 Å². The van der Waals surface area contributed by atoms with Crippen LogP contribution in [0.25, 0.3) is 11.3 Å². The van der Waals surface area contributed by atoms with Gasteiger partial charge in [0, 0.05) is 30.8 Å². The maximum atomic E-state index is 13.9. The van der Waals surface area contributed by atoms with Crippen LogP contribution in [0.2, 0.25) is 0 Å². The number of aromatic nitrogens is 2. The molecule has 1 aromatic carbocycles. The third kappa shape index (κ3) is 3.49. The van der Waals surface area contributed by atoms with Crippen molar-refractivity contribution in [1.82, 2.24) is 15.5 Å². The second-order valence-corrected chi connectivity index (χ2v) is 5.46. The van der Waals surface area contributed by atoms with Crippen molar-refractivity contribution in [2.45, 2.75) is 19.4 Å². The van der Waals surface area contributed by atoms with Crippen LogP contribution in [0, 0.1) is 11.7 Å². The quantitative estimate of drug-likeness (QED) is 0.890. The first-order chi connectivity index (χ1) is 10.3. The molecule has 1 aliphatic rings. The van der Waals surface area contributed by atoms with Crippen LogP contribution in [0.3, 0.4) is 0 Å². The second kappa shape index (κ2) is 6.83. The molecule has 0 radical (unpaired) electrons. The van der Waals surface area contributed by atoms with Crippen molar-refractivity contribution in [3.8, 4) is 11.3 Å². The Labute approximate surface area is 123 Å². The number of halogens is 1. The van der Waals surface area contributed by atoms with Crippen LogP contribution in [0.5, 0.6) is 0 Å². The molecule has 1 aliphatic heterocycles. The van der Waals surface area contributed by atoms with Gasteiger partial charge in [0.25, 0.3) is 0 Å². The number of ether oxygens (including phenoxy) is 1. The van der Waals surface area contributed by atoms with Crippen molar-refractivity contribution in [3.05, 3.63) is 41.8 Å². The van der Waals surface area contributed by atoms with Crippen molar-refractivity contribution in [2.75, 3.05) is 19.8 Å². The van der Waals surface area contributed by atoms with E-state index in [4.69, 9.17) is 4.74 Å². The molecular weight excluding hydrogens is 269 g/mol. The zero-order chi connectivity index (χ0) is 14.5. The highest BCUT2D eigenvalue weighted by Gasteiger charge is 2.15. The summed E-state index contributed by atoms with van der Waals surface area (Å²) in [5.41, 5.74) is 2.30. The van der Waals surface area contributed by atoms with Crippen molar-refractivity contribution in [2.24, 2.45) is 5.92 Å². The van der Waals surface area contributed by atoms with E-state index in [1.807, 2.05) is 6.07 Å². The summed E-state index contributed by atoms with van der Waals surface area (Å²) in [6.45, 7) is 3.31. The molecular formula is C16H20FN3O. The molecule has 0 bridgehead atoms. The summed E-state index contributed by atoms with van der Waals surface area (Å²) in [7, 11) is 0. The Kier molecular flexibility index (Phi) is 4.62. The molecule has 2 heterocycles. The number of benzene rings is 1. The van der Waals surface area contributed by atoms with Gasteiger partial charge in [0.05, 0.1) is 18.5 Å². The van der Waals surface area contributed by atoms with E-state index in [9.17, 15) is 4.39 Å². The molecule has 0 saturated carbocycles. The highest BCUT2D eigenvalue weighted by Crippen LogP contribution is 2.23. The molecule has 112 valence electrons. The molecule has 1 unspecified atom stereocenters. The number of aromatic amines is 1. The fraction of sp³-hybridized carbons (Fsp3) is 0.438. The number of H-pyrrole nitrogens is 1. The van der Waals surface area contributed by atoms with Crippen molar-refractivity contribution < 1.29 is 9.13 Å². The van der Waals surface area contributed by atoms with Gasteiger partial charge in [-0.25, -0.2) is 4.39 Å². The minimum Gasteiger partial charge on any atom is -0.381 e. The topological polar surface area (TPSA) is 49.9 Å². The average Bonchev–Trinajstić information content (AvgIpc) is 2.97. The molecule has 1 atom stereocenters. The van der Waals surface area contributed by atoms with Gasteiger partial charge in [-0.15, -0.1) is 0 Å². The molecule has 1 aromatic heterocycles. The molecule has 0 aliphatic carbocycles. The lowest BCUT2D eigenvalue weighted by Crippen LogP contribution is -2.28. The highest BCUT2D eigenvalue weighted by atomic mass is 19.1. The molecule has 1 saturated heterocycles. The van der Waals surface area contributed by atoms with E-state index in [2.05, 4.69) is 15.5 Å². The lowest BCUT2D eigenvalue weighted by molar-refractivity contribution is 0.0547. The highest BCUT2D eigenvalue weighted by molar-refractivity contribution is 5.63. The van der Waals surface area contributed by atoms with Crippen LogP contribution in [0.15, 0.2) is 30.5 Å². The molecule has 4 nitrogen and oxygen atoms in total. The second-order valence-electron chi connectivity index (χ2n) is 5.46. The van der Waals surface area contributed by atoms with Crippen LogP contribution in [-0.4, -0.2) is 30.0 Å². The van der Waals surface area contributed by atoms with Crippen LogP contribution < -0.4 is 5.32 Å². The fourth-order valence-electron chi connectivity index (χ4n) is 2.72. The largest absolute Gasteiger partial charge is 0.381 e. The number of nitrogens with one attached hydrogen (secondary N) is 2.